The maximum Gasteiger partial charge on any atom is 0.158 e. The molecule has 3 aliphatic rings. The summed E-state index contributed by atoms with van der Waals surface area (Å²) in [6.07, 6.45) is 12.5. The summed E-state index contributed by atoms with van der Waals surface area (Å²) in [7, 11) is 0. The van der Waals surface area contributed by atoms with Gasteiger partial charge in [-0.3, -0.25) is 4.90 Å². The first-order chi connectivity index (χ1) is 12.4. The Morgan fingerprint density at radius 3 is 2.36 bits per heavy atom. The molecule has 2 aromatic rings. The highest BCUT2D eigenvalue weighted by Crippen LogP contribution is 2.36. The summed E-state index contributed by atoms with van der Waals surface area (Å²) >= 11 is 0. The van der Waals surface area contributed by atoms with Gasteiger partial charge in [0.15, 0.2) is 5.82 Å². The van der Waals surface area contributed by atoms with Crippen molar-refractivity contribution in [3.63, 3.8) is 0 Å². The zero-order valence-electron chi connectivity index (χ0n) is 14.7. The fourth-order valence-corrected chi connectivity index (χ4v) is 5.00. The maximum atomic E-state index is 4.53. The normalized spacial score (nSPS) is 27.8. The second kappa shape index (κ2) is 6.41. The number of hydrogen-bond donors (Lipinski definition) is 0. The van der Waals surface area contributed by atoms with E-state index in [1.807, 2.05) is 12.3 Å². The van der Waals surface area contributed by atoms with Gasteiger partial charge in [-0.2, -0.15) is 5.10 Å². The van der Waals surface area contributed by atoms with Crippen LogP contribution >= 0.6 is 0 Å². The summed E-state index contributed by atoms with van der Waals surface area (Å²) in [5.74, 6) is 3.48. The number of rotatable bonds is 3. The van der Waals surface area contributed by atoms with Crippen LogP contribution in [0, 0.1) is 11.8 Å². The monoisotopic (exact) mass is 338 g/mol. The molecule has 4 heterocycles. The van der Waals surface area contributed by atoms with Crippen LogP contribution < -0.4 is 4.90 Å². The minimum Gasteiger partial charge on any atom is -0.356 e. The molecule has 2 atom stereocenters. The fraction of sp³-hybridized carbons (Fsp3) is 0.632. The highest BCUT2D eigenvalue weighted by atomic mass is 15.3. The van der Waals surface area contributed by atoms with E-state index in [9.17, 15) is 0 Å². The van der Waals surface area contributed by atoms with E-state index in [1.54, 1.807) is 17.2 Å². The number of anilines is 1. The molecule has 0 bridgehead atoms. The van der Waals surface area contributed by atoms with Crippen molar-refractivity contribution < 1.29 is 0 Å². The molecule has 0 spiro atoms. The molecule has 25 heavy (non-hydrogen) atoms. The van der Waals surface area contributed by atoms with Crippen LogP contribution in [0.25, 0.3) is 5.82 Å². The second-order valence-corrected chi connectivity index (χ2v) is 7.86. The molecular formula is C19H26N6. The molecule has 1 saturated carbocycles. The number of likely N-dealkylation sites (tertiary alicyclic amines) is 1. The predicted octanol–water partition coefficient (Wildman–Crippen LogP) is 2.36. The average Bonchev–Trinajstić information content (AvgIpc) is 3.38. The summed E-state index contributed by atoms with van der Waals surface area (Å²) in [5, 5.41) is 4.27. The molecule has 1 aliphatic carbocycles. The van der Waals surface area contributed by atoms with Gasteiger partial charge in [-0.25, -0.2) is 14.6 Å². The topological polar surface area (TPSA) is 50.1 Å². The smallest absolute Gasteiger partial charge is 0.158 e. The van der Waals surface area contributed by atoms with Crippen LogP contribution in [-0.4, -0.2) is 56.9 Å². The van der Waals surface area contributed by atoms with Crippen molar-refractivity contribution in [2.75, 3.05) is 31.1 Å². The van der Waals surface area contributed by atoms with E-state index >= 15 is 0 Å². The minimum atomic E-state index is 0.796. The SMILES string of the molecule is c1cnn(-c2cc(N3CC4CN(C5CCCCC5)CC4C3)ncn2)c1. The Morgan fingerprint density at radius 2 is 1.64 bits per heavy atom. The zero-order chi connectivity index (χ0) is 16.6. The molecule has 0 aromatic carbocycles. The predicted molar refractivity (Wildman–Crippen MR) is 96.8 cm³/mol. The zero-order valence-corrected chi connectivity index (χ0v) is 14.7. The van der Waals surface area contributed by atoms with Crippen molar-refractivity contribution in [1.29, 1.82) is 0 Å². The van der Waals surface area contributed by atoms with Crippen LogP contribution in [0.2, 0.25) is 0 Å². The molecule has 0 radical (unpaired) electrons. The molecule has 5 rings (SSSR count). The van der Waals surface area contributed by atoms with Gasteiger partial charge in [-0.1, -0.05) is 19.3 Å². The van der Waals surface area contributed by atoms with Crippen molar-refractivity contribution in [2.24, 2.45) is 11.8 Å². The Kier molecular flexibility index (Phi) is 3.93. The molecule has 0 amide bonds. The average molecular weight is 338 g/mol. The van der Waals surface area contributed by atoms with Crippen LogP contribution in [0.1, 0.15) is 32.1 Å². The van der Waals surface area contributed by atoms with Crippen molar-refractivity contribution in [1.82, 2.24) is 24.6 Å². The summed E-state index contributed by atoms with van der Waals surface area (Å²) in [6, 6.07) is 4.84. The Morgan fingerprint density at radius 1 is 0.880 bits per heavy atom. The highest BCUT2D eigenvalue weighted by Gasteiger charge is 2.42. The number of aromatic nitrogens is 4. The van der Waals surface area contributed by atoms with E-state index in [0.29, 0.717) is 0 Å². The number of hydrogen-bond acceptors (Lipinski definition) is 5. The lowest BCUT2D eigenvalue weighted by molar-refractivity contribution is 0.180. The summed E-state index contributed by atoms with van der Waals surface area (Å²) < 4.78 is 1.80. The molecule has 6 nitrogen and oxygen atoms in total. The summed E-state index contributed by atoms with van der Waals surface area (Å²) in [6.45, 7) is 4.82. The molecule has 2 saturated heterocycles. The first kappa shape index (κ1) is 15.3. The molecule has 2 unspecified atom stereocenters. The third kappa shape index (κ3) is 2.92. The van der Waals surface area contributed by atoms with Gasteiger partial charge in [0.25, 0.3) is 0 Å². The van der Waals surface area contributed by atoms with Crippen molar-refractivity contribution >= 4 is 5.82 Å². The van der Waals surface area contributed by atoms with Crippen molar-refractivity contribution in [2.45, 2.75) is 38.1 Å². The van der Waals surface area contributed by atoms with Crippen LogP contribution in [-0.2, 0) is 0 Å². The van der Waals surface area contributed by atoms with Gasteiger partial charge < -0.3 is 4.90 Å². The Bertz CT molecular complexity index is 694. The molecular weight excluding hydrogens is 312 g/mol. The molecule has 2 aromatic heterocycles. The standard InChI is InChI=1S/C19H26N6/c1-2-5-17(6-3-1)23-10-15-12-24(13-16(15)11-23)18-9-19(21-14-20-18)25-8-4-7-22-25/h4,7-9,14-17H,1-3,5-6,10-13H2. The lowest BCUT2D eigenvalue weighted by Gasteiger charge is -2.32. The van der Waals surface area contributed by atoms with Gasteiger partial charge in [-0.05, 0) is 30.7 Å². The van der Waals surface area contributed by atoms with Gasteiger partial charge in [0.05, 0.1) is 0 Å². The lowest BCUT2D eigenvalue weighted by atomic mass is 9.94. The van der Waals surface area contributed by atoms with E-state index < -0.39 is 0 Å². The number of nitrogens with zero attached hydrogens (tertiary/aromatic N) is 6. The second-order valence-electron chi connectivity index (χ2n) is 7.86. The summed E-state index contributed by atoms with van der Waals surface area (Å²) in [5.41, 5.74) is 0. The lowest BCUT2D eigenvalue weighted by Crippen LogP contribution is -2.37. The Balaban J connectivity index is 1.26. The Hall–Kier alpha value is -1.95. The van der Waals surface area contributed by atoms with E-state index in [4.69, 9.17) is 0 Å². The first-order valence-corrected chi connectivity index (χ1v) is 9.68. The first-order valence-electron chi connectivity index (χ1n) is 9.68. The fourth-order valence-electron chi connectivity index (χ4n) is 5.00. The van der Waals surface area contributed by atoms with Crippen LogP contribution in [0.15, 0.2) is 30.9 Å². The third-order valence-corrected chi connectivity index (χ3v) is 6.31. The molecule has 132 valence electrons. The quantitative estimate of drug-likeness (QED) is 0.860. The summed E-state index contributed by atoms with van der Waals surface area (Å²) in [4.78, 5) is 14.1. The van der Waals surface area contributed by atoms with Crippen molar-refractivity contribution in [3.8, 4) is 5.82 Å². The van der Waals surface area contributed by atoms with E-state index in [0.717, 1.165) is 42.6 Å². The number of fused-ring (bicyclic) bond motifs is 1. The van der Waals surface area contributed by atoms with Gasteiger partial charge in [0.1, 0.15) is 12.1 Å². The van der Waals surface area contributed by atoms with Gasteiger partial charge in [0.2, 0.25) is 0 Å². The van der Waals surface area contributed by atoms with Gasteiger partial charge >= 0.3 is 0 Å². The third-order valence-electron chi connectivity index (χ3n) is 6.31. The Labute approximate surface area is 148 Å². The van der Waals surface area contributed by atoms with Crippen molar-refractivity contribution in [3.05, 3.63) is 30.9 Å². The van der Waals surface area contributed by atoms with E-state index in [2.05, 4.69) is 30.9 Å². The van der Waals surface area contributed by atoms with Gasteiger partial charge in [0, 0.05) is 50.7 Å². The van der Waals surface area contributed by atoms with Crippen LogP contribution in [0.3, 0.4) is 0 Å². The van der Waals surface area contributed by atoms with Crippen LogP contribution in [0.4, 0.5) is 5.82 Å². The molecule has 3 fully saturated rings. The van der Waals surface area contributed by atoms with E-state index in [-0.39, 0.29) is 0 Å². The van der Waals surface area contributed by atoms with Crippen LogP contribution in [0.5, 0.6) is 0 Å². The maximum absolute atomic E-state index is 4.53. The molecule has 6 heteroatoms. The largest absolute Gasteiger partial charge is 0.356 e. The minimum absolute atomic E-state index is 0.796. The van der Waals surface area contributed by atoms with E-state index in [1.165, 1.54) is 45.2 Å². The molecule has 0 N–H and O–H groups in total. The van der Waals surface area contributed by atoms with Gasteiger partial charge in [-0.15, -0.1) is 0 Å². The highest BCUT2D eigenvalue weighted by molar-refractivity contribution is 5.44. The molecule has 2 aliphatic heterocycles.